The normalized spacial score (nSPS) is 12.3. The van der Waals surface area contributed by atoms with Gasteiger partial charge in [0.25, 0.3) is 0 Å². The second-order valence-electron chi connectivity index (χ2n) is 5.41. The third-order valence-corrected chi connectivity index (χ3v) is 3.40. The van der Waals surface area contributed by atoms with E-state index in [-0.39, 0.29) is 0 Å². The molecule has 0 fully saturated rings. The maximum absolute atomic E-state index is 3.53. The van der Waals surface area contributed by atoms with Crippen molar-refractivity contribution in [2.45, 2.75) is 19.4 Å². The molecule has 2 aromatic carbocycles. The zero-order chi connectivity index (χ0) is 14.2. The fourth-order valence-corrected chi connectivity index (χ4v) is 2.39. The van der Waals surface area contributed by atoms with E-state index in [2.05, 4.69) is 78.8 Å². The van der Waals surface area contributed by atoms with Crippen LogP contribution in [-0.4, -0.2) is 31.1 Å². The van der Waals surface area contributed by atoms with Crippen LogP contribution < -0.4 is 5.32 Å². The van der Waals surface area contributed by atoms with Gasteiger partial charge in [-0.1, -0.05) is 48.5 Å². The Balaban J connectivity index is 1.72. The van der Waals surface area contributed by atoms with Crippen molar-refractivity contribution in [3.05, 3.63) is 66.2 Å². The lowest BCUT2D eigenvalue weighted by Gasteiger charge is -2.23. The number of benzene rings is 2. The van der Waals surface area contributed by atoms with E-state index < -0.39 is 0 Å². The van der Waals surface area contributed by atoms with Crippen LogP contribution in [0, 0.1) is 0 Å². The molecule has 0 aliphatic rings. The minimum absolute atomic E-state index is 0.443. The molecule has 2 rings (SSSR count). The van der Waals surface area contributed by atoms with E-state index in [0.717, 1.165) is 19.5 Å². The van der Waals surface area contributed by atoms with Gasteiger partial charge in [-0.25, -0.2) is 0 Å². The van der Waals surface area contributed by atoms with Crippen molar-refractivity contribution in [1.82, 2.24) is 4.90 Å². The summed E-state index contributed by atoms with van der Waals surface area (Å²) in [4.78, 5) is 2.38. The van der Waals surface area contributed by atoms with Crippen molar-refractivity contribution in [1.29, 1.82) is 0 Å². The van der Waals surface area contributed by atoms with Gasteiger partial charge in [0.05, 0.1) is 0 Å². The zero-order valence-corrected chi connectivity index (χ0v) is 12.4. The molecule has 0 amide bonds. The van der Waals surface area contributed by atoms with Crippen molar-refractivity contribution in [3.8, 4) is 0 Å². The largest absolute Gasteiger partial charge is 0.381 e. The SMILES string of the molecule is C[C@H](CN(C)CCc1ccccc1)Nc1ccccc1. The molecule has 0 radical (unpaired) electrons. The van der Waals surface area contributed by atoms with Crippen molar-refractivity contribution < 1.29 is 0 Å². The number of rotatable bonds is 7. The Kier molecular flexibility index (Phi) is 5.63. The monoisotopic (exact) mass is 268 g/mol. The first-order valence-corrected chi connectivity index (χ1v) is 7.28. The van der Waals surface area contributed by atoms with E-state index in [0.29, 0.717) is 6.04 Å². The van der Waals surface area contributed by atoms with E-state index in [9.17, 15) is 0 Å². The summed E-state index contributed by atoms with van der Waals surface area (Å²) in [6.07, 6.45) is 1.11. The summed E-state index contributed by atoms with van der Waals surface area (Å²) >= 11 is 0. The minimum Gasteiger partial charge on any atom is -0.381 e. The summed E-state index contributed by atoms with van der Waals surface area (Å²) in [6, 6.07) is 21.5. The van der Waals surface area contributed by atoms with Crippen LogP contribution in [0.2, 0.25) is 0 Å². The highest BCUT2D eigenvalue weighted by atomic mass is 15.1. The summed E-state index contributed by atoms with van der Waals surface area (Å²) in [6.45, 7) is 4.36. The maximum atomic E-state index is 3.53. The molecular weight excluding hydrogens is 244 g/mol. The number of hydrogen-bond acceptors (Lipinski definition) is 2. The smallest absolute Gasteiger partial charge is 0.0360 e. The van der Waals surface area contributed by atoms with Gasteiger partial charge in [0.15, 0.2) is 0 Å². The Morgan fingerprint density at radius 1 is 0.950 bits per heavy atom. The summed E-state index contributed by atoms with van der Waals surface area (Å²) < 4.78 is 0. The van der Waals surface area contributed by atoms with Crippen LogP contribution in [0.5, 0.6) is 0 Å². The highest BCUT2D eigenvalue weighted by Crippen LogP contribution is 2.08. The van der Waals surface area contributed by atoms with Crippen LogP contribution in [0.4, 0.5) is 5.69 Å². The molecular formula is C18H24N2. The molecule has 0 unspecified atom stereocenters. The number of hydrogen-bond donors (Lipinski definition) is 1. The molecule has 0 spiro atoms. The van der Waals surface area contributed by atoms with E-state index in [4.69, 9.17) is 0 Å². The standard InChI is InChI=1S/C18H24N2/c1-16(19-18-11-7-4-8-12-18)15-20(2)14-13-17-9-5-3-6-10-17/h3-12,16,19H,13-15H2,1-2H3/t16-/m1/s1. The van der Waals surface area contributed by atoms with Crippen molar-refractivity contribution >= 4 is 5.69 Å². The molecule has 1 atom stereocenters. The molecule has 0 aliphatic heterocycles. The Hall–Kier alpha value is -1.80. The lowest BCUT2D eigenvalue weighted by atomic mass is 10.1. The molecule has 20 heavy (non-hydrogen) atoms. The first kappa shape index (κ1) is 14.6. The Labute approximate surface area is 122 Å². The topological polar surface area (TPSA) is 15.3 Å². The average molecular weight is 268 g/mol. The van der Waals surface area contributed by atoms with Crippen LogP contribution in [0.15, 0.2) is 60.7 Å². The minimum atomic E-state index is 0.443. The summed E-state index contributed by atoms with van der Waals surface area (Å²) in [5.74, 6) is 0. The Bertz CT molecular complexity index is 481. The Morgan fingerprint density at radius 2 is 1.55 bits per heavy atom. The van der Waals surface area contributed by atoms with Crippen LogP contribution in [0.1, 0.15) is 12.5 Å². The average Bonchev–Trinajstić information content (AvgIpc) is 2.47. The Morgan fingerprint density at radius 3 is 2.20 bits per heavy atom. The molecule has 2 heteroatoms. The lowest BCUT2D eigenvalue weighted by Crippen LogP contribution is -2.33. The van der Waals surface area contributed by atoms with Crippen molar-refractivity contribution in [2.75, 3.05) is 25.5 Å². The molecule has 0 heterocycles. The molecule has 2 nitrogen and oxygen atoms in total. The number of nitrogens with one attached hydrogen (secondary N) is 1. The van der Waals surface area contributed by atoms with Gasteiger partial charge in [-0.05, 0) is 38.1 Å². The van der Waals surface area contributed by atoms with Crippen LogP contribution >= 0.6 is 0 Å². The number of anilines is 1. The third-order valence-electron chi connectivity index (χ3n) is 3.40. The molecule has 0 aliphatic carbocycles. The van der Waals surface area contributed by atoms with Crippen molar-refractivity contribution in [3.63, 3.8) is 0 Å². The van der Waals surface area contributed by atoms with E-state index in [1.807, 2.05) is 6.07 Å². The van der Waals surface area contributed by atoms with Gasteiger partial charge >= 0.3 is 0 Å². The fourth-order valence-electron chi connectivity index (χ4n) is 2.39. The number of likely N-dealkylation sites (N-methyl/N-ethyl adjacent to an activating group) is 1. The third kappa shape index (κ3) is 5.06. The molecule has 1 N–H and O–H groups in total. The van der Waals surface area contributed by atoms with Gasteiger partial charge in [-0.3, -0.25) is 0 Å². The fraction of sp³-hybridized carbons (Fsp3) is 0.333. The van der Waals surface area contributed by atoms with Crippen LogP contribution in [0.3, 0.4) is 0 Å². The van der Waals surface area contributed by atoms with Gasteiger partial charge in [0.1, 0.15) is 0 Å². The highest BCUT2D eigenvalue weighted by Gasteiger charge is 2.06. The predicted molar refractivity (Wildman–Crippen MR) is 87.2 cm³/mol. The molecule has 0 saturated heterocycles. The lowest BCUT2D eigenvalue weighted by molar-refractivity contribution is 0.328. The van der Waals surface area contributed by atoms with Gasteiger partial charge in [-0.15, -0.1) is 0 Å². The van der Waals surface area contributed by atoms with E-state index in [1.165, 1.54) is 11.3 Å². The summed E-state index contributed by atoms with van der Waals surface area (Å²) in [5.41, 5.74) is 2.60. The summed E-state index contributed by atoms with van der Waals surface area (Å²) in [5, 5.41) is 3.53. The van der Waals surface area contributed by atoms with Gasteiger partial charge in [-0.2, -0.15) is 0 Å². The van der Waals surface area contributed by atoms with Crippen LogP contribution in [0.25, 0.3) is 0 Å². The number of para-hydroxylation sites is 1. The van der Waals surface area contributed by atoms with Crippen LogP contribution in [-0.2, 0) is 6.42 Å². The predicted octanol–water partition coefficient (Wildman–Crippen LogP) is 3.66. The van der Waals surface area contributed by atoms with Gasteiger partial charge in [0, 0.05) is 24.8 Å². The molecule has 106 valence electrons. The first-order valence-electron chi connectivity index (χ1n) is 7.28. The van der Waals surface area contributed by atoms with Gasteiger partial charge < -0.3 is 10.2 Å². The first-order chi connectivity index (χ1) is 9.74. The molecule has 0 aromatic heterocycles. The molecule has 2 aromatic rings. The number of nitrogens with zero attached hydrogens (tertiary/aromatic N) is 1. The molecule has 0 bridgehead atoms. The summed E-state index contributed by atoms with van der Waals surface area (Å²) in [7, 11) is 2.19. The highest BCUT2D eigenvalue weighted by molar-refractivity contribution is 5.43. The second-order valence-corrected chi connectivity index (χ2v) is 5.41. The molecule has 0 saturated carbocycles. The zero-order valence-electron chi connectivity index (χ0n) is 12.4. The van der Waals surface area contributed by atoms with E-state index >= 15 is 0 Å². The van der Waals surface area contributed by atoms with E-state index in [1.54, 1.807) is 0 Å². The quantitative estimate of drug-likeness (QED) is 0.824. The maximum Gasteiger partial charge on any atom is 0.0360 e. The second kappa shape index (κ2) is 7.71. The van der Waals surface area contributed by atoms with Crippen molar-refractivity contribution in [2.24, 2.45) is 0 Å². The van der Waals surface area contributed by atoms with Gasteiger partial charge in [0.2, 0.25) is 0 Å².